The summed E-state index contributed by atoms with van der Waals surface area (Å²) >= 11 is 0. The summed E-state index contributed by atoms with van der Waals surface area (Å²) in [5, 5.41) is 4.06. The maximum Gasteiger partial charge on any atom is 0.251 e. The van der Waals surface area contributed by atoms with Crippen LogP contribution in [0.1, 0.15) is 48.5 Å². The summed E-state index contributed by atoms with van der Waals surface area (Å²) in [5.74, 6) is 0.671. The Kier molecular flexibility index (Phi) is 5.74. The van der Waals surface area contributed by atoms with Crippen LogP contribution in [0.25, 0.3) is 11.0 Å². The number of furan rings is 1. The maximum atomic E-state index is 12.5. The second kappa shape index (κ2) is 8.19. The van der Waals surface area contributed by atoms with Gasteiger partial charge in [0.2, 0.25) is 0 Å². The molecule has 136 valence electrons. The van der Waals surface area contributed by atoms with Crippen LogP contribution in [0.3, 0.4) is 0 Å². The molecule has 0 spiro atoms. The van der Waals surface area contributed by atoms with E-state index < -0.39 is 0 Å². The summed E-state index contributed by atoms with van der Waals surface area (Å²) < 4.78 is 5.83. The van der Waals surface area contributed by atoms with Crippen molar-refractivity contribution in [2.75, 3.05) is 13.1 Å². The first-order chi connectivity index (χ1) is 12.6. The van der Waals surface area contributed by atoms with Crippen LogP contribution in [0.4, 0.5) is 0 Å². The van der Waals surface area contributed by atoms with Crippen LogP contribution in [0, 0.1) is 0 Å². The van der Waals surface area contributed by atoms with Gasteiger partial charge in [0.25, 0.3) is 5.91 Å². The summed E-state index contributed by atoms with van der Waals surface area (Å²) in [6.07, 6.45) is 0. The first-order valence-corrected chi connectivity index (χ1v) is 9.21. The van der Waals surface area contributed by atoms with Crippen molar-refractivity contribution < 1.29 is 9.21 Å². The normalized spacial score (nSPS) is 12.5. The van der Waals surface area contributed by atoms with E-state index >= 15 is 0 Å². The smallest absolute Gasteiger partial charge is 0.251 e. The van der Waals surface area contributed by atoms with Gasteiger partial charge in [0.1, 0.15) is 11.3 Å². The molecule has 3 aromatic rings. The molecule has 4 heteroatoms. The molecule has 0 aliphatic rings. The number of hydrogen-bond donors (Lipinski definition) is 1. The number of amides is 1. The third-order valence-corrected chi connectivity index (χ3v) is 4.74. The van der Waals surface area contributed by atoms with Gasteiger partial charge in [-0.25, -0.2) is 0 Å². The van der Waals surface area contributed by atoms with Gasteiger partial charge in [-0.2, -0.15) is 0 Å². The van der Waals surface area contributed by atoms with Gasteiger partial charge in [0, 0.05) is 17.5 Å². The molecule has 0 fully saturated rings. The van der Waals surface area contributed by atoms with Crippen LogP contribution in [-0.4, -0.2) is 23.9 Å². The van der Waals surface area contributed by atoms with E-state index in [9.17, 15) is 4.79 Å². The third-order valence-electron chi connectivity index (χ3n) is 4.74. The van der Waals surface area contributed by atoms with Crippen LogP contribution >= 0.6 is 0 Å². The molecule has 3 rings (SSSR count). The SMILES string of the molecule is CCN(CC)Cc1ccc(C(=O)N[C@@H](C)c2cc3ccccc3o2)cc1. The highest BCUT2D eigenvalue weighted by molar-refractivity contribution is 5.94. The molecule has 1 amide bonds. The van der Waals surface area contributed by atoms with Gasteiger partial charge in [-0.1, -0.05) is 44.2 Å². The highest BCUT2D eigenvalue weighted by Gasteiger charge is 2.15. The molecule has 2 aromatic carbocycles. The topological polar surface area (TPSA) is 45.5 Å². The Morgan fingerprint density at radius 3 is 2.42 bits per heavy atom. The number of nitrogens with zero attached hydrogens (tertiary/aromatic N) is 1. The largest absolute Gasteiger partial charge is 0.459 e. The van der Waals surface area contributed by atoms with Gasteiger partial charge in [0.05, 0.1) is 6.04 Å². The van der Waals surface area contributed by atoms with E-state index in [1.54, 1.807) is 0 Å². The summed E-state index contributed by atoms with van der Waals surface area (Å²) in [4.78, 5) is 14.9. The standard InChI is InChI=1S/C22H26N2O2/c1-4-24(5-2)15-17-10-12-18(13-11-17)22(25)23-16(3)21-14-19-8-6-7-9-20(19)26-21/h6-14,16H,4-5,15H2,1-3H3,(H,23,25)/t16-/m0/s1. The van der Waals surface area contributed by atoms with Crippen molar-refractivity contribution in [3.8, 4) is 0 Å². The number of rotatable bonds is 7. The number of hydrogen-bond acceptors (Lipinski definition) is 3. The van der Waals surface area contributed by atoms with Crippen LogP contribution < -0.4 is 5.32 Å². The lowest BCUT2D eigenvalue weighted by Crippen LogP contribution is -2.26. The monoisotopic (exact) mass is 350 g/mol. The third kappa shape index (κ3) is 4.14. The van der Waals surface area contributed by atoms with Gasteiger partial charge in [-0.3, -0.25) is 9.69 Å². The minimum Gasteiger partial charge on any atom is -0.459 e. The molecule has 0 radical (unpaired) electrons. The van der Waals surface area contributed by atoms with Crippen LogP contribution in [0.15, 0.2) is 59.0 Å². The number of para-hydroxylation sites is 1. The van der Waals surface area contributed by atoms with E-state index in [2.05, 4.69) is 24.1 Å². The van der Waals surface area contributed by atoms with E-state index in [1.165, 1.54) is 5.56 Å². The second-order valence-corrected chi connectivity index (χ2v) is 6.54. The predicted molar refractivity (Wildman–Crippen MR) is 105 cm³/mol. The van der Waals surface area contributed by atoms with Crippen molar-refractivity contribution in [3.63, 3.8) is 0 Å². The fourth-order valence-corrected chi connectivity index (χ4v) is 3.03. The van der Waals surface area contributed by atoms with Gasteiger partial charge < -0.3 is 9.73 Å². The zero-order valence-electron chi connectivity index (χ0n) is 15.7. The van der Waals surface area contributed by atoms with Crippen LogP contribution in [0.5, 0.6) is 0 Å². The average molecular weight is 350 g/mol. The fourth-order valence-electron chi connectivity index (χ4n) is 3.03. The summed E-state index contributed by atoms with van der Waals surface area (Å²) in [5.41, 5.74) is 2.72. The van der Waals surface area contributed by atoms with E-state index in [1.807, 2.05) is 61.5 Å². The molecule has 0 saturated heterocycles. The fraction of sp³-hybridized carbons (Fsp3) is 0.318. The first-order valence-electron chi connectivity index (χ1n) is 9.21. The van der Waals surface area contributed by atoms with Crippen molar-refractivity contribution >= 4 is 16.9 Å². The average Bonchev–Trinajstić information content (AvgIpc) is 3.11. The number of fused-ring (bicyclic) bond motifs is 1. The van der Waals surface area contributed by atoms with Crippen LogP contribution in [-0.2, 0) is 6.54 Å². The molecule has 1 N–H and O–H groups in total. The minimum absolute atomic E-state index is 0.0904. The minimum atomic E-state index is -0.190. The molecule has 1 atom stereocenters. The van der Waals surface area contributed by atoms with E-state index in [0.717, 1.165) is 36.4 Å². The molecule has 0 saturated carbocycles. The number of nitrogens with one attached hydrogen (secondary N) is 1. The molecular weight excluding hydrogens is 324 g/mol. The predicted octanol–water partition coefficient (Wildman–Crippen LogP) is 4.77. The molecule has 0 unspecified atom stereocenters. The van der Waals surface area contributed by atoms with E-state index in [-0.39, 0.29) is 11.9 Å². The van der Waals surface area contributed by atoms with Crippen molar-refractivity contribution in [3.05, 3.63) is 71.5 Å². The number of carbonyl (C=O) groups is 1. The highest BCUT2D eigenvalue weighted by atomic mass is 16.3. The second-order valence-electron chi connectivity index (χ2n) is 6.54. The Labute approximate surface area is 154 Å². The Morgan fingerprint density at radius 2 is 1.77 bits per heavy atom. The summed E-state index contributed by atoms with van der Waals surface area (Å²) in [6, 6.07) is 17.5. The molecule has 1 aromatic heterocycles. The zero-order chi connectivity index (χ0) is 18.5. The lowest BCUT2D eigenvalue weighted by atomic mass is 10.1. The van der Waals surface area contributed by atoms with E-state index in [4.69, 9.17) is 4.42 Å². The van der Waals surface area contributed by atoms with Crippen molar-refractivity contribution in [2.45, 2.75) is 33.4 Å². The van der Waals surface area contributed by atoms with Crippen molar-refractivity contribution in [2.24, 2.45) is 0 Å². The highest BCUT2D eigenvalue weighted by Crippen LogP contribution is 2.23. The molecule has 4 nitrogen and oxygen atoms in total. The first kappa shape index (κ1) is 18.2. The zero-order valence-corrected chi connectivity index (χ0v) is 15.7. The Bertz CT molecular complexity index is 830. The maximum absolute atomic E-state index is 12.5. The molecule has 1 heterocycles. The summed E-state index contributed by atoms with van der Waals surface area (Å²) in [6.45, 7) is 9.20. The molecular formula is C22H26N2O2. The summed E-state index contributed by atoms with van der Waals surface area (Å²) in [7, 11) is 0. The van der Waals surface area contributed by atoms with Gasteiger partial charge in [-0.05, 0) is 49.8 Å². The van der Waals surface area contributed by atoms with Gasteiger partial charge in [0.15, 0.2) is 0 Å². The number of benzene rings is 2. The Balaban J connectivity index is 1.65. The molecule has 26 heavy (non-hydrogen) atoms. The molecule has 0 aliphatic heterocycles. The Morgan fingerprint density at radius 1 is 1.08 bits per heavy atom. The number of carbonyl (C=O) groups excluding carboxylic acids is 1. The van der Waals surface area contributed by atoms with Crippen LogP contribution in [0.2, 0.25) is 0 Å². The van der Waals surface area contributed by atoms with Gasteiger partial charge >= 0.3 is 0 Å². The lowest BCUT2D eigenvalue weighted by Gasteiger charge is -2.18. The molecule has 0 aliphatic carbocycles. The lowest BCUT2D eigenvalue weighted by molar-refractivity contribution is 0.0935. The quantitative estimate of drug-likeness (QED) is 0.668. The van der Waals surface area contributed by atoms with Crippen molar-refractivity contribution in [1.82, 2.24) is 10.2 Å². The van der Waals surface area contributed by atoms with Crippen molar-refractivity contribution in [1.29, 1.82) is 0 Å². The Hall–Kier alpha value is -2.59. The molecule has 0 bridgehead atoms. The van der Waals surface area contributed by atoms with Gasteiger partial charge in [-0.15, -0.1) is 0 Å². The van der Waals surface area contributed by atoms with E-state index in [0.29, 0.717) is 5.56 Å².